The smallest absolute Gasteiger partial charge is 0.223 e. The van der Waals surface area contributed by atoms with Crippen molar-refractivity contribution in [2.45, 2.75) is 84.2 Å². The van der Waals surface area contributed by atoms with Gasteiger partial charge >= 0.3 is 0 Å². The third-order valence-electron chi connectivity index (χ3n) is 5.88. The second-order valence-electron chi connectivity index (χ2n) is 7.78. The van der Waals surface area contributed by atoms with E-state index in [9.17, 15) is 4.79 Å². The van der Waals surface area contributed by atoms with Gasteiger partial charge in [0.15, 0.2) is 0 Å². The monoisotopic (exact) mass is 294 g/mol. The molecule has 5 atom stereocenters. The van der Waals surface area contributed by atoms with Gasteiger partial charge in [0.05, 0.1) is 0 Å². The fourth-order valence-electron chi connectivity index (χ4n) is 4.39. The van der Waals surface area contributed by atoms with E-state index in [1.54, 1.807) is 0 Å². The number of nitrogens with one attached hydrogen (secondary N) is 1. The van der Waals surface area contributed by atoms with Gasteiger partial charge in [0.25, 0.3) is 0 Å². The molecule has 0 aliphatic heterocycles. The fraction of sp³-hybridized carbons (Fsp3) is 0.944. The van der Waals surface area contributed by atoms with Crippen molar-refractivity contribution in [1.29, 1.82) is 0 Å². The highest BCUT2D eigenvalue weighted by Crippen LogP contribution is 2.32. The first-order chi connectivity index (χ1) is 9.99. The summed E-state index contributed by atoms with van der Waals surface area (Å²) in [5.41, 5.74) is 6.08. The molecule has 0 aromatic carbocycles. The molecule has 1 amide bonds. The molecule has 2 fully saturated rings. The van der Waals surface area contributed by atoms with E-state index in [-0.39, 0.29) is 11.8 Å². The Morgan fingerprint density at radius 1 is 1.05 bits per heavy atom. The molecule has 0 heterocycles. The van der Waals surface area contributed by atoms with Crippen molar-refractivity contribution in [3.8, 4) is 0 Å². The number of carbonyl (C=O) groups is 1. The summed E-state index contributed by atoms with van der Waals surface area (Å²) in [6.07, 6.45) is 9.51. The topological polar surface area (TPSA) is 55.1 Å². The Morgan fingerprint density at radius 2 is 1.76 bits per heavy atom. The van der Waals surface area contributed by atoms with E-state index in [1.165, 1.54) is 32.1 Å². The van der Waals surface area contributed by atoms with Crippen LogP contribution in [0.15, 0.2) is 0 Å². The van der Waals surface area contributed by atoms with E-state index in [4.69, 9.17) is 5.73 Å². The minimum Gasteiger partial charge on any atom is -0.353 e. The summed E-state index contributed by atoms with van der Waals surface area (Å²) < 4.78 is 0. The molecule has 5 unspecified atom stereocenters. The van der Waals surface area contributed by atoms with Gasteiger partial charge < -0.3 is 11.1 Å². The zero-order valence-corrected chi connectivity index (χ0v) is 14.1. The Morgan fingerprint density at radius 3 is 2.43 bits per heavy atom. The van der Waals surface area contributed by atoms with Gasteiger partial charge in [-0.15, -0.1) is 0 Å². The molecule has 3 N–H and O–H groups in total. The third kappa shape index (κ3) is 4.45. The molecule has 0 saturated heterocycles. The quantitative estimate of drug-likeness (QED) is 0.834. The SMILES string of the molecule is CC(C)C1CCCCC1NC(=O)C(C)C1CCCC(N)C1. The van der Waals surface area contributed by atoms with Gasteiger partial charge in [0.2, 0.25) is 5.91 Å². The van der Waals surface area contributed by atoms with Gasteiger partial charge in [-0.3, -0.25) is 4.79 Å². The number of nitrogens with two attached hydrogens (primary N) is 1. The van der Waals surface area contributed by atoms with Crippen LogP contribution in [0.3, 0.4) is 0 Å². The average molecular weight is 294 g/mol. The van der Waals surface area contributed by atoms with E-state index < -0.39 is 0 Å². The number of amides is 1. The second kappa shape index (κ2) is 7.62. The lowest BCUT2D eigenvalue weighted by Gasteiger charge is -2.37. The largest absolute Gasteiger partial charge is 0.353 e. The maximum Gasteiger partial charge on any atom is 0.223 e. The maximum atomic E-state index is 12.6. The minimum absolute atomic E-state index is 0.117. The molecule has 2 aliphatic carbocycles. The van der Waals surface area contributed by atoms with Crippen molar-refractivity contribution in [3.05, 3.63) is 0 Å². The van der Waals surface area contributed by atoms with Crippen molar-refractivity contribution in [2.24, 2.45) is 29.4 Å². The van der Waals surface area contributed by atoms with Crippen LogP contribution in [0.1, 0.15) is 72.1 Å². The molecule has 0 spiro atoms. The highest BCUT2D eigenvalue weighted by atomic mass is 16.1. The van der Waals surface area contributed by atoms with Crippen molar-refractivity contribution < 1.29 is 4.79 Å². The van der Waals surface area contributed by atoms with Crippen LogP contribution in [-0.2, 0) is 4.79 Å². The average Bonchev–Trinajstić information content (AvgIpc) is 2.46. The summed E-state index contributed by atoms with van der Waals surface area (Å²) in [6.45, 7) is 6.68. The molecule has 122 valence electrons. The highest BCUT2D eigenvalue weighted by molar-refractivity contribution is 5.79. The summed E-state index contributed by atoms with van der Waals surface area (Å²) in [6, 6.07) is 0.697. The van der Waals surface area contributed by atoms with Gasteiger partial charge in [0.1, 0.15) is 0 Å². The Hall–Kier alpha value is -0.570. The number of carbonyl (C=O) groups excluding carboxylic acids is 1. The third-order valence-corrected chi connectivity index (χ3v) is 5.88. The fourth-order valence-corrected chi connectivity index (χ4v) is 4.39. The molecule has 21 heavy (non-hydrogen) atoms. The number of hydrogen-bond donors (Lipinski definition) is 2. The first-order valence-electron chi connectivity index (χ1n) is 9.05. The van der Waals surface area contributed by atoms with Crippen molar-refractivity contribution in [1.82, 2.24) is 5.32 Å². The Kier molecular flexibility index (Phi) is 6.09. The van der Waals surface area contributed by atoms with Gasteiger partial charge in [-0.05, 0) is 49.9 Å². The van der Waals surface area contributed by atoms with Gasteiger partial charge in [-0.2, -0.15) is 0 Å². The summed E-state index contributed by atoms with van der Waals surface area (Å²) in [4.78, 5) is 12.6. The molecule has 3 heteroatoms. The van der Waals surface area contributed by atoms with E-state index in [0.29, 0.717) is 29.8 Å². The van der Waals surface area contributed by atoms with Crippen molar-refractivity contribution in [2.75, 3.05) is 0 Å². The van der Waals surface area contributed by atoms with Crippen LogP contribution < -0.4 is 11.1 Å². The van der Waals surface area contributed by atoms with E-state index >= 15 is 0 Å². The summed E-state index contributed by atoms with van der Waals surface area (Å²) in [7, 11) is 0. The normalized spacial score (nSPS) is 35.5. The first kappa shape index (κ1) is 16.8. The minimum atomic E-state index is 0.117. The lowest BCUT2D eigenvalue weighted by atomic mass is 9.76. The summed E-state index contributed by atoms with van der Waals surface area (Å²) >= 11 is 0. The predicted octanol–water partition coefficient (Wildman–Crippen LogP) is 3.47. The van der Waals surface area contributed by atoms with Crippen molar-refractivity contribution in [3.63, 3.8) is 0 Å². The first-order valence-corrected chi connectivity index (χ1v) is 9.05. The highest BCUT2D eigenvalue weighted by Gasteiger charge is 2.33. The van der Waals surface area contributed by atoms with E-state index in [0.717, 1.165) is 19.3 Å². The molecule has 0 aromatic rings. The van der Waals surface area contributed by atoms with Gasteiger partial charge in [0, 0.05) is 18.0 Å². The molecule has 0 radical (unpaired) electrons. The Balaban J connectivity index is 1.89. The molecule has 0 bridgehead atoms. The van der Waals surface area contributed by atoms with Crippen LogP contribution >= 0.6 is 0 Å². The lowest BCUT2D eigenvalue weighted by molar-refractivity contribution is -0.128. The van der Waals surface area contributed by atoms with Gasteiger partial charge in [-0.25, -0.2) is 0 Å². The van der Waals surface area contributed by atoms with Gasteiger partial charge in [-0.1, -0.05) is 40.0 Å². The predicted molar refractivity (Wildman–Crippen MR) is 87.8 cm³/mol. The second-order valence-corrected chi connectivity index (χ2v) is 7.78. The van der Waals surface area contributed by atoms with Crippen LogP contribution in [0.2, 0.25) is 0 Å². The zero-order valence-electron chi connectivity index (χ0n) is 14.1. The Labute approximate surface area is 130 Å². The Bertz CT molecular complexity index is 342. The molecule has 0 aromatic heterocycles. The maximum absolute atomic E-state index is 12.6. The van der Waals surface area contributed by atoms with E-state index in [2.05, 4.69) is 26.1 Å². The van der Waals surface area contributed by atoms with Crippen LogP contribution in [0.4, 0.5) is 0 Å². The summed E-state index contributed by atoms with van der Waals surface area (Å²) in [5, 5.41) is 3.38. The molecule has 2 rings (SSSR count). The number of rotatable bonds is 4. The van der Waals surface area contributed by atoms with Crippen LogP contribution in [0, 0.1) is 23.7 Å². The standard InChI is InChI=1S/C18H34N2O/c1-12(2)16-9-4-5-10-17(16)20-18(21)13(3)14-7-6-8-15(19)11-14/h12-17H,4-11,19H2,1-3H3,(H,20,21). The van der Waals surface area contributed by atoms with Crippen LogP contribution in [0.25, 0.3) is 0 Å². The number of hydrogen-bond acceptors (Lipinski definition) is 2. The molecule has 3 nitrogen and oxygen atoms in total. The van der Waals surface area contributed by atoms with Crippen LogP contribution in [0.5, 0.6) is 0 Å². The zero-order chi connectivity index (χ0) is 15.4. The summed E-state index contributed by atoms with van der Waals surface area (Å²) in [5.74, 6) is 2.19. The molecular formula is C18H34N2O. The lowest BCUT2D eigenvalue weighted by Crippen LogP contribution is -2.47. The molecular weight excluding hydrogens is 260 g/mol. The van der Waals surface area contributed by atoms with Crippen molar-refractivity contribution >= 4 is 5.91 Å². The molecule has 2 saturated carbocycles. The molecule has 2 aliphatic rings. The van der Waals surface area contributed by atoms with Crippen LogP contribution in [-0.4, -0.2) is 18.0 Å². The van der Waals surface area contributed by atoms with E-state index in [1.807, 2.05) is 0 Å².